The molecule has 0 radical (unpaired) electrons. The number of hydrogen-bond acceptors (Lipinski definition) is 1. The molecule has 0 aliphatic heterocycles. The fourth-order valence-electron chi connectivity index (χ4n) is 0.648. The largest absolute Gasteiger partial charge is 0.403 e. The highest BCUT2D eigenvalue weighted by molar-refractivity contribution is 4.76. The number of hydrogen-bond donors (Lipinski definition) is 1. The zero-order chi connectivity index (χ0) is 10.9. The lowest BCUT2D eigenvalue weighted by molar-refractivity contribution is -0.190. The van der Waals surface area contributed by atoms with Crippen molar-refractivity contribution < 1.29 is 26.3 Å². The van der Waals surface area contributed by atoms with E-state index in [2.05, 4.69) is 5.73 Å². The van der Waals surface area contributed by atoms with Crippen molar-refractivity contribution in [2.24, 2.45) is 11.7 Å². The van der Waals surface area contributed by atoms with Crippen molar-refractivity contribution in [3.63, 3.8) is 0 Å². The predicted octanol–water partition coefficient (Wildman–Crippen LogP) is 2.46. The molecule has 13 heavy (non-hydrogen) atoms. The Kier molecular flexibility index (Phi) is 3.60. The van der Waals surface area contributed by atoms with Gasteiger partial charge in [0, 0.05) is 0 Å². The third-order valence-corrected chi connectivity index (χ3v) is 1.59. The molecule has 0 bridgehead atoms. The average Bonchev–Trinajstić information content (AvgIpc) is 1.82. The molecule has 0 saturated carbocycles. The molecule has 0 aliphatic rings. The van der Waals surface area contributed by atoms with Gasteiger partial charge in [0.25, 0.3) is 0 Å². The number of halogens is 6. The van der Waals surface area contributed by atoms with E-state index >= 15 is 0 Å². The zero-order valence-electron chi connectivity index (χ0n) is 6.71. The van der Waals surface area contributed by atoms with Crippen LogP contribution in [0, 0.1) is 5.92 Å². The molecular weight excluding hydrogens is 200 g/mol. The zero-order valence-corrected chi connectivity index (χ0v) is 6.71. The molecular formula is C6H9F6N. The molecule has 0 spiro atoms. The molecule has 0 heterocycles. The van der Waals surface area contributed by atoms with Crippen molar-refractivity contribution in [3.05, 3.63) is 0 Å². The Morgan fingerprint density at radius 2 is 1.38 bits per heavy atom. The molecule has 80 valence electrons. The quantitative estimate of drug-likeness (QED) is 0.694. The van der Waals surface area contributed by atoms with Gasteiger partial charge in [0.2, 0.25) is 0 Å². The van der Waals surface area contributed by atoms with E-state index in [1.807, 2.05) is 0 Å². The standard InChI is InChI=1S/C6H9F6N/c1-3(5(7,8)9)2-4(13)6(10,11)12/h3-4H,2,13H2,1H3. The summed E-state index contributed by atoms with van der Waals surface area (Å²) in [5.41, 5.74) is 4.52. The monoisotopic (exact) mass is 209 g/mol. The fourth-order valence-corrected chi connectivity index (χ4v) is 0.648. The third kappa shape index (κ3) is 4.35. The van der Waals surface area contributed by atoms with E-state index in [4.69, 9.17) is 0 Å². The summed E-state index contributed by atoms with van der Waals surface area (Å²) in [6.45, 7) is 0.672. The van der Waals surface area contributed by atoms with Gasteiger partial charge >= 0.3 is 12.4 Å². The second-order valence-electron chi connectivity index (χ2n) is 2.83. The minimum Gasteiger partial charge on any atom is -0.320 e. The average molecular weight is 209 g/mol. The van der Waals surface area contributed by atoms with Gasteiger partial charge in [0.15, 0.2) is 0 Å². The SMILES string of the molecule is CC(CC(N)C(F)(F)F)C(F)(F)F. The summed E-state index contributed by atoms with van der Waals surface area (Å²) in [6.07, 6.45) is -10.5. The summed E-state index contributed by atoms with van der Waals surface area (Å²) < 4.78 is 70.4. The lowest BCUT2D eigenvalue weighted by Crippen LogP contribution is -2.40. The Bertz CT molecular complexity index is 141. The Morgan fingerprint density at radius 1 is 1.00 bits per heavy atom. The number of rotatable bonds is 2. The molecule has 0 aromatic heterocycles. The summed E-state index contributed by atoms with van der Waals surface area (Å²) in [5, 5.41) is 0. The lowest BCUT2D eigenvalue weighted by Gasteiger charge is -2.21. The van der Waals surface area contributed by atoms with Gasteiger partial charge in [-0.15, -0.1) is 0 Å². The maximum Gasteiger partial charge on any atom is 0.403 e. The van der Waals surface area contributed by atoms with Gasteiger partial charge in [-0.3, -0.25) is 0 Å². The highest BCUT2D eigenvalue weighted by Gasteiger charge is 2.43. The van der Waals surface area contributed by atoms with Gasteiger partial charge in [-0.1, -0.05) is 6.92 Å². The van der Waals surface area contributed by atoms with Gasteiger partial charge in [0.1, 0.15) is 6.04 Å². The van der Waals surface area contributed by atoms with E-state index in [0.29, 0.717) is 6.92 Å². The highest BCUT2D eigenvalue weighted by Crippen LogP contribution is 2.32. The molecule has 0 amide bonds. The van der Waals surface area contributed by atoms with Crippen molar-refractivity contribution in [3.8, 4) is 0 Å². The molecule has 1 nitrogen and oxygen atoms in total. The second kappa shape index (κ2) is 3.73. The van der Waals surface area contributed by atoms with Crippen LogP contribution in [0.5, 0.6) is 0 Å². The minimum absolute atomic E-state index is 0.672. The van der Waals surface area contributed by atoms with Crippen LogP contribution >= 0.6 is 0 Å². The van der Waals surface area contributed by atoms with Gasteiger partial charge in [0.05, 0.1) is 5.92 Å². The molecule has 2 atom stereocenters. The Hall–Kier alpha value is -0.460. The molecule has 2 N–H and O–H groups in total. The van der Waals surface area contributed by atoms with Crippen LogP contribution < -0.4 is 5.73 Å². The summed E-state index contributed by atoms with van der Waals surface area (Å²) in [5.74, 6) is -2.04. The highest BCUT2D eigenvalue weighted by atomic mass is 19.4. The Labute approximate surface area is 70.9 Å². The Morgan fingerprint density at radius 3 is 1.62 bits per heavy atom. The second-order valence-corrected chi connectivity index (χ2v) is 2.83. The first kappa shape index (κ1) is 12.5. The van der Waals surface area contributed by atoms with E-state index in [9.17, 15) is 26.3 Å². The first-order chi connectivity index (χ1) is 5.55. The lowest BCUT2D eigenvalue weighted by atomic mass is 10.0. The van der Waals surface area contributed by atoms with Crippen LogP contribution in [-0.2, 0) is 0 Å². The molecule has 0 saturated heterocycles. The maximum absolute atomic E-state index is 11.8. The van der Waals surface area contributed by atoms with Crippen molar-refractivity contribution in [1.29, 1.82) is 0 Å². The van der Waals surface area contributed by atoms with Crippen molar-refractivity contribution in [2.45, 2.75) is 31.7 Å². The summed E-state index contributed by atoms with van der Waals surface area (Å²) in [6, 6.07) is -2.41. The van der Waals surface area contributed by atoms with E-state index < -0.39 is 30.7 Å². The van der Waals surface area contributed by atoms with Crippen molar-refractivity contribution in [1.82, 2.24) is 0 Å². The molecule has 0 fully saturated rings. The van der Waals surface area contributed by atoms with Crippen LogP contribution in [0.4, 0.5) is 26.3 Å². The van der Waals surface area contributed by atoms with Crippen LogP contribution in [0.15, 0.2) is 0 Å². The Balaban J connectivity index is 4.15. The van der Waals surface area contributed by atoms with Crippen molar-refractivity contribution in [2.75, 3.05) is 0 Å². The van der Waals surface area contributed by atoms with E-state index in [1.165, 1.54) is 0 Å². The van der Waals surface area contributed by atoms with Crippen molar-refractivity contribution >= 4 is 0 Å². The third-order valence-electron chi connectivity index (χ3n) is 1.59. The van der Waals surface area contributed by atoms with Gasteiger partial charge in [-0.2, -0.15) is 26.3 Å². The molecule has 0 rings (SSSR count). The van der Waals surface area contributed by atoms with Crippen LogP contribution in [-0.4, -0.2) is 18.4 Å². The maximum atomic E-state index is 11.8. The number of nitrogens with two attached hydrogens (primary N) is 1. The molecule has 0 aliphatic carbocycles. The first-order valence-corrected chi connectivity index (χ1v) is 3.44. The normalized spacial score (nSPS) is 18.5. The topological polar surface area (TPSA) is 26.0 Å². The molecule has 0 aromatic rings. The van der Waals surface area contributed by atoms with Crippen LogP contribution in [0.1, 0.15) is 13.3 Å². The van der Waals surface area contributed by atoms with Gasteiger partial charge in [-0.25, -0.2) is 0 Å². The molecule has 7 heteroatoms. The van der Waals surface area contributed by atoms with E-state index in [1.54, 1.807) is 0 Å². The smallest absolute Gasteiger partial charge is 0.320 e. The fraction of sp³-hybridized carbons (Fsp3) is 1.00. The van der Waals surface area contributed by atoms with E-state index in [0.717, 1.165) is 0 Å². The first-order valence-electron chi connectivity index (χ1n) is 3.44. The summed E-state index contributed by atoms with van der Waals surface area (Å²) in [4.78, 5) is 0. The van der Waals surface area contributed by atoms with E-state index in [-0.39, 0.29) is 0 Å². The molecule has 2 unspecified atom stereocenters. The predicted molar refractivity (Wildman–Crippen MR) is 33.9 cm³/mol. The molecule has 0 aromatic carbocycles. The van der Waals surface area contributed by atoms with Gasteiger partial charge < -0.3 is 5.73 Å². The van der Waals surface area contributed by atoms with Crippen LogP contribution in [0.2, 0.25) is 0 Å². The number of alkyl halides is 6. The van der Waals surface area contributed by atoms with Crippen LogP contribution in [0.3, 0.4) is 0 Å². The minimum atomic E-state index is -4.76. The summed E-state index contributed by atoms with van der Waals surface area (Å²) in [7, 11) is 0. The van der Waals surface area contributed by atoms with Crippen LogP contribution in [0.25, 0.3) is 0 Å². The summed E-state index contributed by atoms with van der Waals surface area (Å²) >= 11 is 0. The van der Waals surface area contributed by atoms with Gasteiger partial charge in [-0.05, 0) is 6.42 Å².